The normalized spacial score (nSPS) is 12.3. The third-order valence-electron chi connectivity index (χ3n) is 2.19. The first kappa shape index (κ1) is 22.0. The number of rotatable bonds is 5. The molecular formula is C13H30O4Si3. The largest absolute Gasteiger partial charge is 0.412 e. The van der Waals surface area contributed by atoms with E-state index >= 15 is 0 Å². The van der Waals surface area contributed by atoms with Crippen LogP contribution in [0.2, 0.25) is 32.7 Å². The van der Waals surface area contributed by atoms with Crippen LogP contribution in [-0.4, -0.2) is 35.3 Å². The topological polar surface area (TPSA) is 58.9 Å². The fourth-order valence-corrected chi connectivity index (χ4v) is 11.7. The van der Waals surface area contributed by atoms with Crippen LogP contribution >= 0.6 is 0 Å². The van der Waals surface area contributed by atoms with Gasteiger partial charge in [-0.1, -0.05) is 45.2 Å². The van der Waals surface area contributed by atoms with E-state index in [0.717, 1.165) is 5.19 Å². The van der Waals surface area contributed by atoms with Gasteiger partial charge in [-0.25, -0.2) is 0 Å². The zero-order valence-corrected chi connectivity index (χ0v) is 14.6. The monoisotopic (exact) mass is 334 g/mol. The SMILES string of the molecule is C.C.C[Si](C)(O)O[Si](C)(O[Si](C)(C)O)c1ccccc1. The second-order valence-electron chi connectivity index (χ2n) is 5.41. The molecule has 0 saturated heterocycles. The third-order valence-corrected chi connectivity index (χ3v) is 10.7. The van der Waals surface area contributed by atoms with Crippen LogP contribution in [-0.2, 0) is 8.23 Å². The van der Waals surface area contributed by atoms with Crippen LogP contribution in [0.5, 0.6) is 0 Å². The molecule has 0 fully saturated rings. The molecule has 0 aromatic heterocycles. The molecule has 1 rings (SSSR count). The molecule has 20 heavy (non-hydrogen) atoms. The summed E-state index contributed by atoms with van der Waals surface area (Å²) in [5, 5.41) is 0.925. The standard InChI is InChI=1S/C11H22O4Si3.2CH4/c1-16(2,12)14-18(5,15-17(3,4)13)11-9-7-6-8-10-11;;/h6-10,12-13H,1-5H3;2*1H4. The van der Waals surface area contributed by atoms with E-state index < -0.39 is 25.7 Å². The summed E-state index contributed by atoms with van der Waals surface area (Å²) >= 11 is 0. The Labute approximate surface area is 127 Å². The predicted octanol–water partition coefficient (Wildman–Crippen LogP) is 2.66. The van der Waals surface area contributed by atoms with Gasteiger partial charge in [-0.2, -0.15) is 0 Å². The Morgan fingerprint density at radius 2 is 1.10 bits per heavy atom. The highest BCUT2D eigenvalue weighted by Gasteiger charge is 2.44. The Morgan fingerprint density at radius 1 is 0.750 bits per heavy atom. The minimum atomic E-state index is -2.77. The molecule has 4 nitrogen and oxygen atoms in total. The van der Waals surface area contributed by atoms with Gasteiger partial charge in [-0.05, 0) is 37.9 Å². The maximum absolute atomic E-state index is 10.0. The highest BCUT2D eigenvalue weighted by molar-refractivity contribution is 6.92. The van der Waals surface area contributed by atoms with Crippen molar-refractivity contribution in [2.75, 3.05) is 0 Å². The van der Waals surface area contributed by atoms with Crippen LogP contribution in [0.25, 0.3) is 0 Å². The quantitative estimate of drug-likeness (QED) is 0.813. The maximum Gasteiger partial charge on any atom is 0.351 e. The predicted molar refractivity (Wildman–Crippen MR) is 92.7 cm³/mol. The Hall–Kier alpha value is -0.289. The Morgan fingerprint density at radius 3 is 1.40 bits per heavy atom. The smallest absolute Gasteiger partial charge is 0.351 e. The summed E-state index contributed by atoms with van der Waals surface area (Å²) in [6.07, 6.45) is 0. The van der Waals surface area contributed by atoms with Gasteiger partial charge in [0, 0.05) is 0 Å². The second-order valence-corrected chi connectivity index (χ2v) is 15.3. The van der Waals surface area contributed by atoms with Crippen LogP contribution in [0.4, 0.5) is 0 Å². The third kappa shape index (κ3) is 7.48. The molecule has 0 saturated carbocycles. The van der Waals surface area contributed by atoms with Gasteiger partial charge in [0.1, 0.15) is 0 Å². The zero-order valence-electron chi connectivity index (χ0n) is 11.6. The van der Waals surface area contributed by atoms with Crippen molar-refractivity contribution < 1.29 is 17.8 Å². The lowest BCUT2D eigenvalue weighted by Gasteiger charge is -2.36. The van der Waals surface area contributed by atoms with Gasteiger partial charge in [0.2, 0.25) is 0 Å². The molecule has 0 radical (unpaired) electrons. The number of benzene rings is 1. The molecule has 0 spiro atoms. The van der Waals surface area contributed by atoms with Gasteiger partial charge in [0.25, 0.3) is 0 Å². The van der Waals surface area contributed by atoms with Crippen molar-refractivity contribution in [2.24, 2.45) is 0 Å². The van der Waals surface area contributed by atoms with Crippen molar-refractivity contribution in [1.82, 2.24) is 0 Å². The van der Waals surface area contributed by atoms with Gasteiger partial charge in [0.05, 0.1) is 0 Å². The molecule has 0 amide bonds. The zero-order chi connectivity index (χ0) is 14.0. The van der Waals surface area contributed by atoms with Crippen LogP contribution in [0.1, 0.15) is 14.9 Å². The van der Waals surface area contributed by atoms with E-state index in [4.69, 9.17) is 8.23 Å². The number of hydrogen-bond donors (Lipinski definition) is 2. The first-order chi connectivity index (χ1) is 8.02. The molecule has 0 aliphatic rings. The summed E-state index contributed by atoms with van der Waals surface area (Å²) in [6, 6.07) is 9.58. The summed E-state index contributed by atoms with van der Waals surface area (Å²) < 4.78 is 11.7. The van der Waals surface area contributed by atoms with E-state index in [1.165, 1.54) is 0 Å². The minimum absolute atomic E-state index is 0. The summed E-state index contributed by atoms with van der Waals surface area (Å²) in [6.45, 7) is 8.69. The van der Waals surface area contributed by atoms with Gasteiger partial charge in [-0.3, -0.25) is 0 Å². The summed E-state index contributed by atoms with van der Waals surface area (Å²) in [5.74, 6) is 0. The number of hydrogen-bond acceptors (Lipinski definition) is 4. The molecule has 118 valence electrons. The van der Waals surface area contributed by atoms with E-state index in [-0.39, 0.29) is 14.9 Å². The lowest BCUT2D eigenvalue weighted by atomic mass is 10.4. The van der Waals surface area contributed by atoms with E-state index in [0.29, 0.717) is 0 Å². The summed E-state index contributed by atoms with van der Waals surface area (Å²) in [4.78, 5) is 20.0. The Kier molecular flexibility index (Phi) is 8.41. The maximum atomic E-state index is 10.0. The van der Waals surface area contributed by atoms with Crippen molar-refractivity contribution in [3.8, 4) is 0 Å². The average Bonchev–Trinajstić information content (AvgIpc) is 2.13. The van der Waals surface area contributed by atoms with Crippen molar-refractivity contribution in [3.63, 3.8) is 0 Å². The van der Waals surface area contributed by atoms with Crippen molar-refractivity contribution >= 4 is 30.9 Å². The molecule has 0 atom stereocenters. The van der Waals surface area contributed by atoms with Crippen molar-refractivity contribution in [3.05, 3.63) is 30.3 Å². The molecule has 7 heteroatoms. The lowest BCUT2D eigenvalue weighted by molar-refractivity contribution is 0.299. The fraction of sp³-hybridized carbons (Fsp3) is 0.538. The van der Waals surface area contributed by atoms with E-state index in [2.05, 4.69) is 0 Å². The van der Waals surface area contributed by atoms with Crippen molar-refractivity contribution in [1.29, 1.82) is 0 Å². The fourth-order valence-electron chi connectivity index (χ4n) is 1.83. The molecule has 1 aromatic carbocycles. The summed E-state index contributed by atoms with van der Waals surface area (Å²) in [7, 11) is -8.23. The molecule has 1 aromatic rings. The van der Waals surface area contributed by atoms with E-state index in [1.807, 2.05) is 36.9 Å². The first-order valence-electron chi connectivity index (χ1n) is 5.92. The first-order valence-corrected chi connectivity index (χ1v) is 14.0. The Balaban J connectivity index is 0. The highest BCUT2D eigenvalue weighted by Crippen LogP contribution is 2.18. The van der Waals surface area contributed by atoms with Crippen molar-refractivity contribution in [2.45, 2.75) is 47.6 Å². The molecule has 0 aliphatic heterocycles. The molecule has 0 unspecified atom stereocenters. The van der Waals surface area contributed by atoms with E-state index in [9.17, 15) is 9.59 Å². The average molecular weight is 335 g/mol. The van der Waals surface area contributed by atoms with Crippen LogP contribution in [0.15, 0.2) is 30.3 Å². The molecule has 2 N–H and O–H groups in total. The van der Waals surface area contributed by atoms with Crippen LogP contribution < -0.4 is 5.19 Å². The van der Waals surface area contributed by atoms with E-state index in [1.54, 1.807) is 26.2 Å². The van der Waals surface area contributed by atoms with Crippen LogP contribution in [0, 0.1) is 0 Å². The van der Waals surface area contributed by atoms with Gasteiger partial charge >= 0.3 is 25.7 Å². The Bertz CT molecular complexity index is 369. The lowest BCUT2D eigenvalue weighted by Crippen LogP contribution is -2.61. The second kappa shape index (κ2) is 7.64. The van der Waals surface area contributed by atoms with Gasteiger partial charge in [-0.15, -0.1) is 0 Å². The van der Waals surface area contributed by atoms with Gasteiger partial charge < -0.3 is 17.8 Å². The highest BCUT2D eigenvalue weighted by atomic mass is 28.5. The molecule has 0 aliphatic carbocycles. The van der Waals surface area contributed by atoms with Crippen LogP contribution in [0.3, 0.4) is 0 Å². The minimum Gasteiger partial charge on any atom is -0.412 e. The molecule has 0 bridgehead atoms. The molecular weight excluding hydrogens is 304 g/mol. The molecule has 0 heterocycles. The van der Waals surface area contributed by atoms with Gasteiger partial charge in [0.15, 0.2) is 0 Å². The summed E-state index contributed by atoms with van der Waals surface area (Å²) in [5.41, 5.74) is 0.